The van der Waals surface area contributed by atoms with E-state index in [1.807, 2.05) is 35.2 Å². The van der Waals surface area contributed by atoms with Crippen molar-refractivity contribution in [1.29, 1.82) is 0 Å². The molecular weight excluding hydrogens is 236 g/mol. The zero-order chi connectivity index (χ0) is 13.6. The third kappa shape index (κ3) is 2.16. The summed E-state index contributed by atoms with van der Waals surface area (Å²) in [7, 11) is 0. The Morgan fingerprint density at radius 2 is 1.89 bits per heavy atom. The van der Waals surface area contributed by atoms with Crippen molar-refractivity contribution in [3.8, 4) is 0 Å². The van der Waals surface area contributed by atoms with Gasteiger partial charge in [-0.15, -0.1) is 0 Å². The summed E-state index contributed by atoms with van der Waals surface area (Å²) in [5, 5.41) is 0. The highest BCUT2D eigenvalue weighted by atomic mass is 16.2. The van der Waals surface area contributed by atoms with Crippen molar-refractivity contribution < 1.29 is 4.79 Å². The molecular formula is C16H22N2O. The molecule has 2 unspecified atom stereocenters. The minimum atomic E-state index is -0.400. The first-order valence-corrected chi connectivity index (χ1v) is 7.08. The van der Waals surface area contributed by atoms with Gasteiger partial charge in [0.2, 0.25) is 5.91 Å². The van der Waals surface area contributed by atoms with E-state index in [1.165, 1.54) is 0 Å². The van der Waals surface area contributed by atoms with Gasteiger partial charge in [-0.2, -0.15) is 0 Å². The molecule has 3 nitrogen and oxygen atoms in total. The van der Waals surface area contributed by atoms with Gasteiger partial charge >= 0.3 is 0 Å². The molecule has 1 aromatic carbocycles. The molecule has 3 rings (SSSR count). The van der Waals surface area contributed by atoms with Gasteiger partial charge in [-0.25, -0.2) is 0 Å². The van der Waals surface area contributed by atoms with Crippen molar-refractivity contribution in [3.63, 3.8) is 0 Å². The van der Waals surface area contributed by atoms with Gasteiger partial charge in [-0.1, -0.05) is 44.2 Å². The fourth-order valence-electron chi connectivity index (χ4n) is 3.50. The smallest absolute Gasteiger partial charge is 0.239 e. The fourth-order valence-corrected chi connectivity index (χ4v) is 3.50. The molecule has 3 atom stereocenters. The molecule has 0 bridgehead atoms. The maximum atomic E-state index is 12.3. The van der Waals surface area contributed by atoms with Crippen LogP contribution in [0, 0.1) is 17.3 Å². The molecule has 1 saturated heterocycles. The lowest BCUT2D eigenvalue weighted by Gasteiger charge is -2.25. The first-order valence-electron chi connectivity index (χ1n) is 7.08. The Balaban J connectivity index is 1.57. The van der Waals surface area contributed by atoms with E-state index < -0.39 is 6.04 Å². The van der Waals surface area contributed by atoms with Crippen molar-refractivity contribution in [1.82, 2.24) is 4.90 Å². The van der Waals surface area contributed by atoms with Crippen LogP contribution in [-0.2, 0) is 11.2 Å². The van der Waals surface area contributed by atoms with Crippen LogP contribution in [0.2, 0.25) is 0 Å². The summed E-state index contributed by atoms with van der Waals surface area (Å²) in [4.78, 5) is 14.3. The Bertz CT molecular complexity index is 469. The molecule has 1 heterocycles. The molecule has 1 aliphatic carbocycles. The number of benzene rings is 1. The molecule has 2 fully saturated rings. The van der Waals surface area contributed by atoms with Gasteiger partial charge in [0.15, 0.2) is 0 Å². The van der Waals surface area contributed by atoms with Gasteiger partial charge in [0.1, 0.15) is 0 Å². The van der Waals surface area contributed by atoms with Crippen LogP contribution in [0.15, 0.2) is 30.3 Å². The summed E-state index contributed by atoms with van der Waals surface area (Å²) >= 11 is 0. The van der Waals surface area contributed by atoms with Crippen LogP contribution in [0.4, 0.5) is 0 Å². The van der Waals surface area contributed by atoms with E-state index in [0.29, 0.717) is 23.7 Å². The van der Waals surface area contributed by atoms with E-state index in [-0.39, 0.29) is 5.91 Å². The molecule has 0 aromatic heterocycles. The standard InChI is InChI=1S/C16H22N2O/c1-16(2)12-9-18(10-13(12)16)15(19)14(17)8-11-6-4-3-5-7-11/h3-7,12-14H,8-10,17H2,1-2H3/t12?,13?,14-/m0/s1. The highest BCUT2D eigenvalue weighted by molar-refractivity contribution is 5.82. The third-order valence-electron chi connectivity index (χ3n) is 5.05. The number of fused-ring (bicyclic) bond motifs is 1. The van der Waals surface area contributed by atoms with E-state index in [0.717, 1.165) is 18.7 Å². The number of hydrogen-bond donors (Lipinski definition) is 1. The second-order valence-electron chi connectivity index (χ2n) is 6.57. The third-order valence-corrected chi connectivity index (χ3v) is 5.05. The molecule has 1 aromatic rings. The average molecular weight is 258 g/mol. The molecule has 2 aliphatic rings. The number of carbonyl (C=O) groups excluding carboxylic acids is 1. The van der Waals surface area contributed by atoms with Crippen LogP contribution in [0.25, 0.3) is 0 Å². The molecule has 2 N–H and O–H groups in total. The molecule has 3 heteroatoms. The minimum Gasteiger partial charge on any atom is -0.341 e. The maximum Gasteiger partial charge on any atom is 0.239 e. The summed E-state index contributed by atoms with van der Waals surface area (Å²) in [5.41, 5.74) is 7.64. The molecule has 0 spiro atoms. The number of rotatable bonds is 3. The lowest BCUT2D eigenvalue weighted by Crippen LogP contribution is -2.45. The van der Waals surface area contributed by atoms with E-state index in [1.54, 1.807) is 0 Å². The minimum absolute atomic E-state index is 0.117. The average Bonchev–Trinajstić information content (AvgIpc) is 2.80. The number of nitrogens with zero attached hydrogens (tertiary/aromatic N) is 1. The van der Waals surface area contributed by atoms with E-state index >= 15 is 0 Å². The van der Waals surface area contributed by atoms with Crippen LogP contribution >= 0.6 is 0 Å². The summed E-state index contributed by atoms with van der Waals surface area (Å²) in [6.07, 6.45) is 0.634. The molecule has 1 saturated carbocycles. The molecule has 1 aliphatic heterocycles. The van der Waals surface area contributed by atoms with Crippen LogP contribution in [0.1, 0.15) is 19.4 Å². The first-order chi connectivity index (χ1) is 9.00. The molecule has 102 valence electrons. The van der Waals surface area contributed by atoms with Crippen molar-refractivity contribution in [2.45, 2.75) is 26.3 Å². The number of piperidine rings is 1. The van der Waals surface area contributed by atoms with E-state index in [9.17, 15) is 4.79 Å². The van der Waals surface area contributed by atoms with Gasteiger partial charge in [-0.3, -0.25) is 4.79 Å². The Hall–Kier alpha value is -1.35. The van der Waals surface area contributed by atoms with E-state index in [4.69, 9.17) is 5.73 Å². The van der Waals surface area contributed by atoms with Crippen molar-refractivity contribution in [3.05, 3.63) is 35.9 Å². The summed E-state index contributed by atoms with van der Waals surface area (Å²) < 4.78 is 0. The Morgan fingerprint density at radius 3 is 2.47 bits per heavy atom. The lowest BCUT2D eigenvalue weighted by molar-refractivity contribution is -0.132. The zero-order valence-corrected chi connectivity index (χ0v) is 11.7. The monoisotopic (exact) mass is 258 g/mol. The fraction of sp³-hybridized carbons (Fsp3) is 0.562. The van der Waals surface area contributed by atoms with Crippen molar-refractivity contribution in [2.75, 3.05) is 13.1 Å². The number of hydrogen-bond acceptors (Lipinski definition) is 2. The predicted octanol–water partition coefficient (Wildman–Crippen LogP) is 1.67. The second-order valence-corrected chi connectivity index (χ2v) is 6.57. The Labute approximate surface area is 114 Å². The molecule has 1 amide bonds. The number of likely N-dealkylation sites (tertiary alicyclic amines) is 1. The number of amides is 1. The maximum absolute atomic E-state index is 12.3. The Morgan fingerprint density at radius 1 is 1.32 bits per heavy atom. The van der Waals surface area contributed by atoms with Crippen LogP contribution in [-0.4, -0.2) is 29.9 Å². The summed E-state index contributed by atoms with van der Waals surface area (Å²) in [6, 6.07) is 9.60. The highest BCUT2D eigenvalue weighted by Gasteiger charge is 2.62. The van der Waals surface area contributed by atoms with Crippen LogP contribution in [0.5, 0.6) is 0 Å². The number of nitrogens with two attached hydrogens (primary N) is 1. The van der Waals surface area contributed by atoms with Gasteiger partial charge < -0.3 is 10.6 Å². The largest absolute Gasteiger partial charge is 0.341 e. The SMILES string of the molecule is CC1(C)C2CN(C(=O)[C@@H](N)Cc3ccccc3)CC21. The number of carbonyl (C=O) groups is 1. The first kappa shape index (κ1) is 12.7. The van der Waals surface area contributed by atoms with Crippen LogP contribution < -0.4 is 5.73 Å². The van der Waals surface area contributed by atoms with Crippen molar-refractivity contribution >= 4 is 5.91 Å². The van der Waals surface area contributed by atoms with Crippen molar-refractivity contribution in [2.24, 2.45) is 23.0 Å². The normalized spacial score (nSPS) is 28.9. The van der Waals surface area contributed by atoms with Gasteiger partial charge in [0, 0.05) is 13.1 Å². The second kappa shape index (κ2) is 4.34. The Kier molecular flexibility index (Phi) is 2.90. The quantitative estimate of drug-likeness (QED) is 0.896. The predicted molar refractivity (Wildman–Crippen MR) is 75.5 cm³/mol. The molecule has 0 radical (unpaired) electrons. The van der Waals surface area contributed by atoms with Gasteiger partial charge in [-0.05, 0) is 29.2 Å². The summed E-state index contributed by atoms with van der Waals surface area (Å²) in [6.45, 7) is 6.40. The lowest BCUT2D eigenvalue weighted by atomic mass is 10.0. The van der Waals surface area contributed by atoms with Crippen LogP contribution in [0.3, 0.4) is 0 Å². The zero-order valence-electron chi connectivity index (χ0n) is 11.7. The topological polar surface area (TPSA) is 46.3 Å². The highest BCUT2D eigenvalue weighted by Crippen LogP contribution is 2.61. The van der Waals surface area contributed by atoms with Gasteiger partial charge in [0.25, 0.3) is 0 Å². The van der Waals surface area contributed by atoms with Gasteiger partial charge in [0.05, 0.1) is 6.04 Å². The molecule has 19 heavy (non-hydrogen) atoms. The van der Waals surface area contributed by atoms with E-state index in [2.05, 4.69) is 13.8 Å². The summed E-state index contributed by atoms with van der Waals surface area (Å²) in [5.74, 6) is 1.51.